The molecule has 1 amide bonds. The van der Waals surface area contributed by atoms with E-state index in [-0.39, 0.29) is 5.91 Å². The third kappa shape index (κ3) is 3.12. The molecule has 1 unspecified atom stereocenters. The summed E-state index contributed by atoms with van der Waals surface area (Å²) in [5.74, 6) is 0.164. The topological polar surface area (TPSA) is 58.4 Å². The van der Waals surface area contributed by atoms with Crippen LogP contribution in [0.3, 0.4) is 0 Å². The Morgan fingerprint density at radius 2 is 2.20 bits per heavy atom. The number of rotatable bonds is 4. The van der Waals surface area contributed by atoms with Crippen molar-refractivity contribution in [2.45, 2.75) is 32.7 Å². The molecule has 130 valence electrons. The molecule has 0 radical (unpaired) electrons. The zero-order valence-corrected chi connectivity index (χ0v) is 14.7. The van der Waals surface area contributed by atoms with Crippen molar-refractivity contribution in [1.29, 1.82) is 0 Å². The highest BCUT2D eigenvalue weighted by atomic mass is 16.4. The fourth-order valence-corrected chi connectivity index (χ4v) is 3.69. The number of hydrogen-bond donors (Lipinski definition) is 1. The van der Waals surface area contributed by atoms with Gasteiger partial charge in [-0.1, -0.05) is 19.1 Å². The van der Waals surface area contributed by atoms with Gasteiger partial charge in [-0.3, -0.25) is 9.69 Å². The van der Waals surface area contributed by atoms with Gasteiger partial charge in [-0.25, -0.2) is 4.98 Å². The Morgan fingerprint density at radius 3 is 3.04 bits per heavy atom. The molecule has 1 N–H and O–H groups in total. The van der Waals surface area contributed by atoms with Crippen molar-refractivity contribution in [3.05, 3.63) is 41.7 Å². The number of nitrogens with one attached hydrogen (secondary N) is 1. The highest BCUT2D eigenvalue weighted by Gasteiger charge is 2.24. The van der Waals surface area contributed by atoms with Crippen LogP contribution in [0.1, 0.15) is 35.9 Å². The quantitative estimate of drug-likeness (QED) is 0.791. The molecule has 1 aliphatic heterocycles. The van der Waals surface area contributed by atoms with E-state index in [1.807, 2.05) is 25.1 Å². The van der Waals surface area contributed by atoms with Gasteiger partial charge in [0.1, 0.15) is 0 Å². The van der Waals surface area contributed by atoms with Crippen molar-refractivity contribution in [1.82, 2.24) is 15.2 Å². The van der Waals surface area contributed by atoms with Crippen LogP contribution in [-0.4, -0.2) is 41.5 Å². The predicted molar refractivity (Wildman–Crippen MR) is 98.9 cm³/mol. The first-order valence-electron chi connectivity index (χ1n) is 8.97. The average Bonchev–Trinajstić information content (AvgIpc) is 3.23. The minimum atomic E-state index is -0.166. The Kier molecular flexibility index (Phi) is 4.17. The number of aryl methyl sites for hydroxylation is 1. The average molecular weight is 337 g/mol. The second kappa shape index (κ2) is 6.48. The molecular weight excluding hydrogens is 314 g/mol. The van der Waals surface area contributed by atoms with E-state index in [4.69, 9.17) is 4.42 Å². The van der Waals surface area contributed by atoms with Crippen LogP contribution in [0.5, 0.6) is 0 Å². The van der Waals surface area contributed by atoms with Crippen LogP contribution in [-0.2, 0) is 0 Å². The van der Waals surface area contributed by atoms with Crippen molar-refractivity contribution in [3.8, 4) is 0 Å². The summed E-state index contributed by atoms with van der Waals surface area (Å²) < 4.78 is 5.71. The van der Waals surface area contributed by atoms with Gasteiger partial charge >= 0.3 is 0 Å². The summed E-state index contributed by atoms with van der Waals surface area (Å²) >= 11 is 0. The lowest BCUT2D eigenvalue weighted by Gasteiger charge is -2.22. The minimum Gasteiger partial charge on any atom is -0.433 e. The summed E-state index contributed by atoms with van der Waals surface area (Å²) in [7, 11) is 0. The van der Waals surface area contributed by atoms with Crippen LogP contribution >= 0.6 is 0 Å². The maximum absolute atomic E-state index is 12.5. The van der Waals surface area contributed by atoms with Crippen LogP contribution < -0.4 is 5.32 Å². The number of hydrogen-bond acceptors (Lipinski definition) is 4. The molecule has 1 fully saturated rings. The first-order chi connectivity index (χ1) is 12.1. The van der Waals surface area contributed by atoms with E-state index in [9.17, 15) is 4.79 Å². The number of likely N-dealkylation sites (N-methyl/N-ethyl adjacent to an activating group) is 1. The number of pyridine rings is 1. The second-order valence-corrected chi connectivity index (χ2v) is 6.82. The summed E-state index contributed by atoms with van der Waals surface area (Å²) in [5, 5.41) is 4.92. The van der Waals surface area contributed by atoms with Gasteiger partial charge in [0.15, 0.2) is 5.76 Å². The van der Waals surface area contributed by atoms with Crippen molar-refractivity contribution in [2.75, 3.05) is 19.6 Å². The van der Waals surface area contributed by atoms with Gasteiger partial charge in [-0.05, 0) is 56.6 Å². The molecule has 25 heavy (non-hydrogen) atoms. The van der Waals surface area contributed by atoms with Crippen LogP contribution in [0.4, 0.5) is 0 Å². The molecule has 1 aliphatic rings. The summed E-state index contributed by atoms with van der Waals surface area (Å²) in [6, 6.07) is 10.4. The number of amides is 1. The zero-order valence-electron chi connectivity index (χ0n) is 14.7. The Balaban J connectivity index is 1.54. The largest absolute Gasteiger partial charge is 0.433 e. The highest BCUT2D eigenvalue weighted by molar-refractivity contribution is 5.98. The number of fused-ring (bicyclic) bond motifs is 2. The first kappa shape index (κ1) is 16.1. The van der Waals surface area contributed by atoms with Gasteiger partial charge < -0.3 is 9.73 Å². The van der Waals surface area contributed by atoms with Crippen LogP contribution in [0.25, 0.3) is 22.0 Å². The molecule has 0 spiro atoms. The Labute approximate surface area is 147 Å². The van der Waals surface area contributed by atoms with Gasteiger partial charge in [0, 0.05) is 23.4 Å². The van der Waals surface area contributed by atoms with Gasteiger partial charge in [-0.2, -0.15) is 0 Å². The smallest absolute Gasteiger partial charge is 0.287 e. The van der Waals surface area contributed by atoms with E-state index >= 15 is 0 Å². The molecule has 4 rings (SSSR count). The number of benzene rings is 1. The third-order valence-corrected chi connectivity index (χ3v) is 5.09. The number of nitrogens with zero attached hydrogens (tertiary/aromatic N) is 2. The normalized spacial score (nSPS) is 18.2. The SMILES string of the molecule is CCN1CCCC1CNC(=O)c1cc2cc3ccc(C)cc3nc2o1. The molecule has 1 saturated heterocycles. The zero-order chi connectivity index (χ0) is 17.4. The molecule has 3 aromatic rings. The van der Waals surface area contributed by atoms with Gasteiger partial charge in [-0.15, -0.1) is 0 Å². The molecule has 1 atom stereocenters. The molecule has 0 aliphatic carbocycles. The van der Waals surface area contributed by atoms with Gasteiger partial charge in [0.2, 0.25) is 5.71 Å². The molecule has 3 heterocycles. The maximum atomic E-state index is 12.5. The lowest BCUT2D eigenvalue weighted by Crippen LogP contribution is -2.39. The Bertz CT molecular complexity index is 931. The summed E-state index contributed by atoms with van der Waals surface area (Å²) in [4.78, 5) is 19.4. The third-order valence-electron chi connectivity index (χ3n) is 5.09. The molecule has 5 nitrogen and oxygen atoms in total. The van der Waals surface area contributed by atoms with E-state index in [0.717, 1.165) is 41.4 Å². The lowest BCUT2D eigenvalue weighted by atomic mass is 10.1. The number of likely N-dealkylation sites (tertiary alicyclic amines) is 1. The molecule has 1 aromatic carbocycles. The van der Waals surface area contributed by atoms with Crippen LogP contribution in [0.15, 0.2) is 34.7 Å². The van der Waals surface area contributed by atoms with Crippen LogP contribution in [0, 0.1) is 6.92 Å². The monoisotopic (exact) mass is 337 g/mol. The Morgan fingerprint density at radius 1 is 1.32 bits per heavy atom. The lowest BCUT2D eigenvalue weighted by molar-refractivity contribution is 0.0915. The second-order valence-electron chi connectivity index (χ2n) is 6.82. The van der Waals surface area contributed by atoms with E-state index in [1.54, 1.807) is 6.07 Å². The van der Waals surface area contributed by atoms with Crippen molar-refractivity contribution in [2.24, 2.45) is 0 Å². The standard InChI is InChI=1S/C20H23N3O2/c1-3-23-8-4-5-16(23)12-21-19(24)18-11-15-10-14-7-6-13(2)9-17(14)22-20(15)25-18/h6-7,9-11,16H,3-5,8,12H2,1-2H3,(H,21,24). The van der Waals surface area contributed by atoms with Crippen molar-refractivity contribution in [3.63, 3.8) is 0 Å². The molecule has 0 bridgehead atoms. The van der Waals surface area contributed by atoms with Gasteiger partial charge in [0.05, 0.1) is 5.52 Å². The van der Waals surface area contributed by atoms with E-state index in [0.29, 0.717) is 24.1 Å². The van der Waals surface area contributed by atoms with Crippen molar-refractivity contribution >= 4 is 27.9 Å². The molecule has 2 aromatic heterocycles. The van der Waals surface area contributed by atoms with E-state index in [2.05, 4.69) is 28.2 Å². The molecule has 5 heteroatoms. The summed E-state index contributed by atoms with van der Waals surface area (Å²) in [6.07, 6.45) is 2.34. The van der Waals surface area contributed by atoms with E-state index < -0.39 is 0 Å². The fraction of sp³-hybridized carbons (Fsp3) is 0.400. The number of aromatic nitrogens is 1. The number of carbonyl (C=O) groups is 1. The summed E-state index contributed by atoms with van der Waals surface area (Å²) in [5.41, 5.74) is 2.55. The van der Waals surface area contributed by atoms with Gasteiger partial charge in [0.25, 0.3) is 5.91 Å². The number of furan rings is 1. The predicted octanol–water partition coefficient (Wildman–Crippen LogP) is 3.50. The van der Waals surface area contributed by atoms with Crippen LogP contribution in [0.2, 0.25) is 0 Å². The highest BCUT2D eigenvalue weighted by Crippen LogP contribution is 2.24. The first-order valence-corrected chi connectivity index (χ1v) is 8.97. The number of carbonyl (C=O) groups excluding carboxylic acids is 1. The Hall–Kier alpha value is -2.40. The maximum Gasteiger partial charge on any atom is 0.287 e. The van der Waals surface area contributed by atoms with E-state index in [1.165, 1.54) is 6.42 Å². The molecular formula is C20H23N3O2. The minimum absolute atomic E-state index is 0.166. The fourth-order valence-electron chi connectivity index (χ4n) is 3.69. The molecule has 0 saturated carbocycles. The van der Waals surface area contributed by atoms with Crippen molar-refractivity contribution < 1.29 is 9.21 Å². The summed E-state index contributed by atoms with van der Waals surface area (Å²) in [6.45, 7) is 7.02.